The van der Waals surface area contributed by atoms with E-state index >= 15 is 0 Å². The van der Waals surface area contributed by atoms with Crippen molar-refractivity contribution >= 4 is 94.5 Å². The Morgan fingerprint density at radius 2 is 1.14 bits per heavy atom. The van der Waals surface area contributed by atoms with E-state index in [4.69, 9.17) is 59.6 Å². The van der Waals surface area contributed by atoms with E-state index in [1.807, 2.05) is 6.07 Å². The molecule has 0 saturated carbocycles. The maximum absolute atomic E-state index is 11.1. The van der Waals surface area contributed by atoms with Gasteiger partial charge in [0.05, 0.1) is 35.9 Å². The number of hydrogen-bond acceptors (Lipinski definition) is 9. The van der Waals surface area contributed by atoms with Crippen LogP contribution < -0.4 is 9.47 Å². The zero-order valence-electron chi connectivity index (χ0n) is 24.2. The van der Waals surface area contributed by atoms with E-state index in [0.29, 0.717) is 26.6 Å². The Balaban J connectivity index is 0.000000583. The third-order valence-corrected chi connectivity index (χ3v) is 8.37. The van der Waals surface area contributed by atoms with Gasteiger partial charge in [-0.15, -0.1) is 0 Å². The predicted octanol–water partition coefficient (Wildman–Crippen LogP) is 8.25. The van der Waals surface area contributed by atoms with Gasteiger partial charge in [0.2, 0.25) is 0 Å². The average Bonchev–Trinajstić information content (AvgIpc) is 2.98. The number of esters is 2. The smallest absolute Gasteiger partial charge is 0.346 e. The van der Waals surface area contributed by atoms with Crippen LogP contribution in [0, 0.1) is 0 Å². The standard InChI is InChI=1S/C10H10BrClO3.C9H10BrClO2.C6H4BrClO.C4H8O3/c1-6(10(13)14-2)15-7-3-4-8(11)9(12)5-7;1-6(5-12)13-7-2-3-8(10)9(11)4-7;7-5-2-1-4(9)3-6(5)8;1-3(5)4(6)7-2/h3-6H,1-2H3;2-4,6,12H,5H2,1H3;1-3,9H;3,5H,1-2H3. The zero-order valence-corrected chi connectivity index (χ0v) is 31.2. The van der Waals surface area contributed by atoms with Crippen LogP contribution in [-0.4, -0.2) is 66.4 Å². The first-order chi connectivity index (χ1) is 20.6. The Hall–Kier alpha value is -1.77. The molecule has 3 unspecified atom stereocenters. The highest BCUT2D eigenvalue weighted by atomic mass is 79.9. The van der Waals surface area contributed by atoms with E-state index in [1.165, 1.54) is 27.2 Å². The largest absolute Gasteiger partial charge is 0.508 e. The molecule has 244 valence electrons. The number of halogens is 6. The lowest BCUT2D eigenvalue weighted by atomic mass is 10.3. The number of aromatic hydroxyl groups is 1. The Morgan fingerprint density at radius 1 is 0.727 bits per heavy atom. The summed E-state index contributed by atoms with van der Waals surface area (Å²) in [6.07, 6.45) is -1.85. The number of phenols is 1. The van der Waals surface area contributed by atoms with Crippen LogP contribution in [0.25, 0.3) is 0 Å². The van der Waals surface area contributed by atoms with Gasteiger partial charge >= 0.3 is 11.9 Å². The van der Waals surface area contributed by atoms with Crippen LogP contribution in [0.15, 0.2) is 68.0 Å². The summed E-state index contributed by atoms with van der Waals surface area (Å²) < 4.78 is 21.7. The summed E-state index contributed by atoms with van der Waals surface area (Å²) in [6, 6.07) is 15.1. The fraction of sp³-hybridized carbons (Fsp3) is 0.310. The van der Waals surface area contributed by atoms with E-state index in [-0.39, 0.29) is 18.5 Å². The molecular weight excluding hydrogens is 838 g/mol. The number of hydrogen-bond donors (Lipinski definition) is 3. The molecule has 3 aromatic rings. The number of ether oxygens (including phenoxy) is 4. The van der Waals surface area contributed by atoms with Crippen LogP contribution >= 0.6 is 82.6 Å². The highest BCUT2D eigenvalue weighted by Crippen LogP contribution is 2.28. The number of rotatable bonds is 7. The molecule has 0 bridgehead atoms. The molecule has 9 nitrogen and oxygen atoms in total. The van der Waals surface area contributed by atoms with E-state index in [2.05, 4.69) is 57.3 Å². The first-order valence-corrected chi connectivity index (χ1v) is 15.9. The molecule has 3 atom stereocenters. The number of methoxy groups -OCH3 is 2. The summed E-state index contributed by atoms with van der Waals surface area (Å²) in [7, 11) is 2.55. The molecule has 0 amide bonds. The van der Waals surface area contributed by atoms with Gasteiger partial charge in [-0.05, 0) is 123 Å². The van der Waals surface area contributed by atoms with Crippen molar-refractivity contribution in [3.05, 3.63) is 83.1 Å². The molecule has 0 aliphatic carbocycles. The first-order valence-electron chi connectivity index (χ1n) is 12.4. The van der Waals surface area contributed by atoms with Crippen LogP contribution in [0.1, 0.15) is 20.8 Å². The van der Waals surface area contributed by atoms with Gasteiger partial charge in [0, 0.05) is 13.4 Å². The summed E-state index contributed by atoms with van der Waals surface area (Å²) in [5, 5.41) is 27.6. The Kier molecular flexibility index (Phi) is 21.8. The second kappa shape index (κ2) is 22.7. The second-order valence-corrected chi connectivity index (χ2v) is 12.1. The minimum Gasteiger partial charge on any atom is -0.508 e. The molecule has 0 spiro atoms. The number of aliphatic hydroxyl groups is 2. The molecule has 0 aromatic heterocycles. The molecule has 3 rings (SSSR count). The van der Waals surface area contributed by atoms with Gasteiger partial charge < -0.3 is 34.3 Å². The van der Waals surface area contributed by atoms with Crippen molar-refractivity contribution in [1.82, 2.24) is 0 Å². The molecule has 3 aromatic carbocycles. The average molecular weight is 871 g/mol. The molecule has 3 N–H and O–H groups in total. The lowest BCUT2D eigenvalue weighted by Gasteiger charge is -2.12. The zero-order chi connectivity index (χ0) is 34.0. The molecule has 0 saturated heterocycles. The van der Waals surface area contributed by atoms with Crippen molar-refractivity contribution < 1.29 is 43.9 Å². The fourth-order valence-electron chi connectivity index (χ4n) is 2.44. The summed E-state index contributed by atoms with van der Waals surface area (Å²) in [5.74, 6) is 0.355. The Labute approximate surface area is 296 Å². The minimum absolute atomic E-state index is 0.00627. The topological polar surface area (TPSA) is 132 Å². The number of carbonyl (C=O) groups is 2. The molecule has 0 aliphatic heterocycles. The molecule has 0 aliphatic rings. The van der Waals surface area contributed by atoms with Gasteiger partial charge in [0.1, 0.15) is 29.5 Å². The molecule has 0 fully saturated rings. The number of aliphatic hydroxyl groups excluding tert-OH is 2. The SMILES string of the molecule is CC(CO)Oc1ccc(Br)c(Cl)c1.COC(=O)C(C)O.COC(=O)C(C)Oc1ccc(Br)c(Cl)c1.Oc1ccc(Br)c(Cl)c1. The third kappa shape index (κ3) is 17.6. The third-order valence-electron chi connectivity index (χ3n) is 4.67. The second-order valence-electron chi connectivity index (χ2n) is 8.34. The van der Waals surface area contributed by atoms with Crippen LogP contribution in [0.4, 0.5) is 0 Å². The van der Waals surface area contributed by atoms with Crippen LogP contribution in [-0.2, 0) is 19.1 Å². The van der Waals surface area contributed by atoms with E-state index in [0.717, 1.165) is 13.4 Å². The fourth-order valence-corrected chi connectivity index (χ4v) is 3.70. The van der Waals surface area contributed by atoms with E-state index < -0.39 is 24.1 Å². The maximum atomic E-state index is 11.1. The van der Waals surface area contributed by atoms with Crippen molar-refractivity contribution in [2.24, 2.45) is 0 Å². The maximum Gasteiger partial charge on any atom is 0.346 e. The van der Waals surface area contributed by atoms with Crippen molar-refractivity contribution in [3.63, 3.8) is 0 Å². The van der Waals surface area contributed by atoms with Gasteiger partial charge in [0.15, 0.2) is 6.10 Å². The quantitative estimate of drug-likeness (QED) is 0.201. The van der Waals surface area contributed by atoms with Gasteiger partial charge in [-0.3, -0.25) is 0 Å². The van der Waals surface area contributed by atoms with Gasteiger partial charge in [0.25, 0.3) is 0 Å². The molecule has 44 heavy (non-hydrogen) atoms. The Bertz CT molecular complexity index is 1330. The molecular formula is C29H32Br3Cl3O9. The van der Waals surface area contributed by atoms with Crippen molar-refractivity contribution in [3.8, 4) is 17.2 Å². The number of phenolic OH excluding ortho intramolecular Hbond substituents is 1. The summed E-state index contributed by atoms with van der Waals surface area (Å²) in [6.45, 7) is 4.75. The predicted molar refractivity (Wildman–Crippen MR) is 182 cm³/mol. The van der Waals surface area contributed by atoms with Crippen LogP contribution in [0.2, 0.25) is 15.1 Å². The Morgan fingerprint density at radius 3 is 1.45 bits per heavy atom. The molecule has 15 heteroatoms. The summed E-state index contributed by atoms with van der Waals surface area (Å²) >= 11 is 27.0. The monoisotopic (exact) mass is 866 g/mol. The summed E-state index contributed by atoms with van der Waals surface area (Å²) in [5.41, 5.74) is 0. The van der Waals surface area contributed by atoms with E-state index in [1.54, 1.807) is 56.3 Å². The van der Waals surface area contributed by atoms with Crippen molar-refractivity contribution in [1.29, 1.82) is 0 Å². The highest BCUT2D eigenvalue weighted by Gasteiger charge is 2.15. The normalized spacial score (nSPS) is 11.8. The lowest BCUT2D eigenvalue weighted by Crippen LogP contribution is -2.24. The summed E-state index contributed by atoms with van der Waals surface area (Å²) in [4.78, 5) is 21.1. The van der Waals surface area contributed by atoms with Crippen molar-refractivity contribution in [2.75, 3.05) is 20.8 Å². The number of benzene rings is 3. The van der Waals surface area contributed by atoms with E-state index in [9.17, 15) is 9.59 Å². The van der Waals surface area contributed by atoms with Gasteiger partial charge in [-0.25, -0.2) is 9.59 Å². The van der Waals surface area contributed by atoms with Crippen LogP contribution in [0.3, 0.4) is 0 Å². The van der Waals surface area contributed by atoms with Crippen LogP contribution in [0.5, 0.6) is 17.2 Å². The van der Waals surface area contributed by atoms with Gasteiger partial charge in [-0.2, -0.15) is 0 Å². The highest BCUT2D eigenvalue weighted by molar-refractivity contribution is 9.11. The number of carbonyl (C=O) groups excluding carboxylic acids is 2. The first kappa shape index (κ1) is 42.2. The van der Waals surface area contributed by atoms with Crippen molar-refractivity contribution in [2.45, 2.75) is 39.1 Å². The molecule has 0 heterocycles. The minimum atomic E-state index is -0.995. The lowest BCUT2D eigenvalue weighted by molar-refractivity contribution is -0.149. The molecule has 0 radical (unpaired) electrons. The van der Waals surface area contributed by atoms with Gasteiger partial charge in [-0.1, -0.05) is 34.8 Å².